The Morgan fingerprint density at radius 3 is 2.82 bits per heavy atom. The third-order valence-electron chi connectivity index (χ3n) is 2.45. The molecule has 1 aromatic heterocycles. The lowest BCUT2D eigenvalue weighted by Gasteiger charge is -2.22. The lowest BCUT2D eigenvalue weighted by Crippen LogP contribution is -2.25. The van der Waals surface area contributed by atoms with Gasteiger partial charge in [-0.05, 0) is 19.9 Å². The van der Waals surface area contributed by atoms with Crippen molar-refractivity contribution < 1.29 is 18.7 Å². The van der Waals surface area contributed by atoms with E-state index in [1.807, 2.05) is 13.8 Å². The van der Waals surface area contributed by atoms with Gasteiger partial charge in [-0.1, -0.05) is 0 Å². The third kappa shape index (κ3) is 4.48. The summed E-state index contributed by atoms with van der Waals surface area (Å²) in [5.74, 6) is -1.25. The quantitative estimate of drug-likeness (QED) is 0.585. The van der Waals surface area contributed by atoms with Crippen LogP contribution in [-0.2, 0) is 9.47 Å². The minimum atomic E-state index is -0.698. The predicted octanol–water partition coefficient (Wildman–Crippen LogP) is 2.19. The molecule has 0 aliphatic carbocycles. The molecule has 0 bridgehead atoms. The van der Waals surface area contributed by atoms with E-state index in [0.29, 0.717) is 6.42 Å². The fraction of sp³-hybridized carbons (Fsp3) is 0.500. The first-order chi connectivity index (χ1) is 7.94. The monoisotopic (exact) mass is 241 g/mol. The largest absolute Gasteiger partial charge is 0.462 e. The van der Waals surface area contributed by atoms with E-state index >= 15 is 0 Å². The summed E-state index contributed by atoms with van der Waals surface area (Å²) in [6.45, 7) is 4.02. The Kier molecular flexibility index (Phi) is 4.57. The Morgan fingerprint density at radius 1 is 1.53 bits per heavy atom. The summed E-state index contributed by atoms with van der Waals surface area (Å²) in [6, 6.07) is 2.46. The van der Waals surface area contributed by atoms with Crippen LogP contribution in [0.25, 0.3) is 0 Å². The summed E-state index contributed by atoms with van der Waals surface area (Å²) < 4.78 is 22.9. The molecule has 0 aliphatic rings. The Labute approximate surface area is 99.8 Å². The average Bonchev–Trinajstić information content (AvgIpc) is 2.28. The van der Waals surface area contributed by atoms with E-state index < -0.39 is 11.9 Å². The first-order valence-electron chi connectivity index (χ1n) is 5.28. The number of methoxy groups -OCH3 is 1. The average molecular weight is 241 g/mol. The molecule has 4 nitrogen and oxygen atoms in total. The van der Waals surface area contributed by atoms with Gasteiger partial charge in [-0.25, -0.2) is 9.78 Å². The van der Waals surface area contributed by atoms with Crippen molar-refractivity contribution in [1.29, 1.82) is 0 Å². The van der Waals surface area contributed by atoms with Gasteiger partial charge in [0.15, 0.2) is 0 Å². The molecule has 1 aromatic rings. The molecule has 0 saturated heterocycles. The number of esters is 1. The number of hydrogen-bond acceptors (Lipinski definition) is 4. The number of pyridine rings is 1. The van der Waals surface area contributed by atoms with Gasteiger partial charge in [0.1, 0.15) is 0 Å². The van der Waals surface area contributed by atoms with Crippen molar-refractivity contribution in [3.63, 3.8) is 0 Å². The van der Waals surface area contributed by atoms with Crippen LogP contribution in [0, 0.1) is 5.95 Å². The minimum absolute atomic E-state index is 0.160. The van der Waals surface area contributed by atoms with Crippen LogP contribution >= 0.6 is 0 Å². The second kappa shape index (κ2) is 5.72. The molecule has 0 spiro atoms. The van der Waals surface area contributed by atoms with E-state index in [1.54, 1.807) is 7.11 Å². The Bertz CT molecular complexity index is 393. The molecule has 0 fully saturated rings. The summed E-state index contributed by atoms with van der Waals surface area (Å²) in [5, 5.41) is 0. The number of nitrogens with zero attached hydrogens (tertiary/aromatic N) is 1. The smallest absolute Gasteiger partial charge is 0.338 e. The highest BCUT2D eigenvalue weighted by Crippen LogP contribution is 2.13. The molecular formula is C12H16FNO3. The second-order valence-corrected chi connectivity index (χ2v) is 4.22. The van der Waals surface area contributed by atoms with Gasteiger partial charge >= 0.3 is 5.97 Å². The molecule has 0 amide bonds. The normalized spacial score (nSPS) is 11.3. The highest BCUT2D eigenvalue weighted by Gasteiger charge is 2.17. The molecule has 0 N–H and O–H groups in total. The van der Waals surface area contributed by atoms with Crippen molar-refractivity contribution in [2.75, 3.05) is 13.7 Å². The molecule has 0 atom stereocenters. The van der Waals surface area contributed by atoms with Crippen molar-refractivity contribution in [1.82, 2.24) is 4.98 Å². The van der Waals surface area contributed by atoms with E-state index in [4.69, 9.17) is 9.47 Å². The first-order valence-corrected chi connectivity index (χ1v) is 5.28. The number of rotatable bonds is 5. The van der Waals surface area contributed by atoms with Gasteiger partial charge in [0.2, 0.25) is 5.95 Å². The number of halogens is 1. The van der Waals surface area contributed by atoms with E-state index in [2.05, 4.69) is 4.98 Å². The summed E-state index contributed by atoms with van der Waals surface area (Å²) >= 11 is 0. The van der Waals surface area contributed by atoms with E-state index in [-0.39, 0.29) is 17.8 Å². The molecule has 0 aromatic carbocycles. The van der Waals surface area contributed by atoms with Gasteiger partial charge in [0.05, 0.1) is 17.8 Å². The first kappa shape index (κ1) is 13.6. The highest BCUT2D eigenvalue weighted by molar-refractivity contribution is 5.89. The fourth-order valence-corrected chi connectivity index (χ4v) is 1.10. The lowest BCUT2D eigenvalue weighted by molar-refractivity contribution is -0.00565. The topological polar surface area (TPSA) is 48.4 Å². The van der Waals surface area contributed by atoms with Crippen LogP contribution in [0.5, 0.6) is 0 Å². The van der Waals surface area contributed by atoms with Crippen LogP contribution in [0.15, 0.2) is 18.3 Å². The molecule has 17 heavy (non-hydrogen) atoms. The zero-order valence-electron chi connectivity index (χ0n) is 10.2. The van der Waals surface area contributed by atoms with Gasteiger partial charge in [0.25, 0.3) is 0 Å². The molecule has 0 radical (unpaired) electrons. The summed E-state index contributed by atoms with van der Waals surface area (Å²) in [4.78, 5) is 14.9. The number of hydrogen-bond donors (Lipinski definition) is 0. The van der Waals surface area contributed by atoms with Gasteiger partial charge in [-0.2, -0.15) is 4.39 Å². The minimum Gasteiger partial charge on any atom is -0.462 e. The van der Waals surface area contributed by atoms with Crippen molar-refractivity contribution in [3.05, 3.63) is 29.8 Å². The highest BCUT2D eigenvalue weighted by atomic mass is 19.1. The number of ether oxygens (including phenoxy) is 2. The maximum atomic E-state index is 12.8. The zero-order chi connectivity index (χ0) is 12.9. The predicted molar refractivity (Wildman–Crippen MR) is 60.2 cm³/mol. The van der Waals surface area contributed by atoms with Crippen molar-refractivity contribution in [2.45, 2.75) is 25.9 Å². The second-order valence-electron chi connectivity index (χ2n) is 4.22. The Balaban J connectivity index is 2.46. The maximum Gasteiger partial charge on any atom is 0.338 e. The summed E-state index contributed by atoms with van der Waals surface area (Å²) in [5.41, 5.74) is -0.184. The van der Waals surface area contributed by atoms with Crippen molar-refractivity contribution in [3.8, 4) is 0 Å². The molecule has 94 valence electrons. The lowest BCUT2D eigenvalue weighted by atomic mass is 10.1. The Morgan fingerprint density at radius 2 is 2.24 bits per heavy atom. The van der Waals surface area contributed by atoms with Gasteiger partial charge in [0, 0.05) is 25.8 Å². The summed E-state index contributed by atoms with van der Waals surface area (Å²) in [7, 11) is 1.60. The maximum absolute atomic E-state index is 12.8. The standard InChI is InChI=1S/C12H16FNO3/c1-12(2,16-3)5-7-17-11(15)9-4-6-14-10(13)8-9/h4,6,8H,5,7H2,1-3H3. The zero-order valence-corrected chi connectivity index (χ0v) is 10.2. The van der Waals surface area contributed by atoms with E-state index in [0.717, 1.165) is 6.07 Å². The van der Waals surface area contributed by atoms with Crippen LogP contribution in [-0.4, -0.2) is 30.3 Å². The number of carbonyl (C=O) groups excluding carboxylic acids is 1. The van der Waals surface area contributed by atoms with Crippen LogP contribution in [0.3, 0.4) is 0 Å². The summed E-state index contributed by atoms with van der Waals surface area (Å²) in [6.07, 6.45) is 1.80. The molecule has 1 heterocycles. The Hall–Kier alpha value is -1.49. The SMILES string of the molecule is COC(C)(C)CCOC(=O)c1ccnc(F)c1. The van der Waals surface area contributed by atoms with Crippen molar-refractivity contribution >= 4 is 5.97 Å². The molecular weight excluding hydrogens is 225 g/mol. The van der Waals surface area contributed by atoms with E-state index in [9.17, 15) is 9.18 Å². The van der Waals surface area contributed by atoms with Gasteiger partial charge in [-0.3, -0.25) is 0 Å². The van der Waals surface area contributed by atoms with Gasteiger partial charge in [-0.15, -0.1) is 0 Å². The molecule has 0 aliphatic heterocycles. The molecule has 1 rings (SSSR count). The number of carbonyl (C=O) groups is 1. The fourth-order valence-electron chi connectivity index (χ4n) is 1.10. The van der Waals surface area contributed by atoms with E-state index in [1.165, 1.54) is 12.3 Å². The van der Waals surface area contributed by atoms with Crippen molar-refractivity contribution in [2.24, 2.45) is 0 Å². The van der Waals surface area contributed by atoms with Crippen LogP contribution < -0.4 is 0 Å². The van der Waals surface area contributed by atoms with Gasteiger partial charge < -0.3 is 9.47 Å². The molecule has 0 unspecified atom stereocenters. The molecule has 0 saturated carbocycles. The van der Waals surface area contributed by atoms with Crippen LogP contribution in [0.4, 0.5) is 4.39 Å². The van der Waals surface area contributed by atoms with Crippen LogP contribution in [0.1, 0.15) is 30.6 Å². The van der Waals surface area contributed by atoms with Crippen LogP contribution in [0.2, 0.25) is 0 Å². The number of aromatic nitrogens is 1. The third-order valence-corrected chi connectivity index (χ3v) is 2.45. The molecule has 5 heteroatoms.